The third-order valence-corrected chi connectivity index (χ3v) is 3.96. The van der Waals surface area contributed by atoms with Crippen LogP contribution in [0.3, 0.4) is 0 Å². The summed E-state index contributed by atoms with van der Waals surface area (Å²) in [6, 6.07) is 4.09. The molecule has 1 amide bonds. The van der Waals surface area contributed by atoms with Crippen molar-refractivity contribution >= 4 is 36.5 Å². The second-order valence-electron chi connectivity index (χ2n) is 5.54. The maximum absolute atomic E-state index is 12.5. The van der Waals surface area contributed by atoms with E-state index in [4.69, 9.17) is 0 Å². The molecule has 132 valence electrons. The van der Waals surface area contributed by atoms with Crippen LogP contribution in [0.15, 0.2) is 18.3 Å². The standard InChI is InChI=1S/C16H26N4O.2ClH/c1-4-9-19(5-2)15-7-6-14(12-18-15)16(21)20-10-8-17-11-13(20)3;;/h6-7,12-13,17H,4-5,8-11H2,1-3H3;2*1H/t13-;;/m1../s1. The molecule has 0 bridgehead atoms. The number of nitrogens with one attached hydrogen (secondary N) is 1. The molecule has 0 radical (unpaired) electrons. The molecule has 1 atom stereocenters. The van der Waals surface area contributed by atoms with Crippen LogP contribution in [0.1, 0.15) is 37.6 Å². The molecule has 1 aromatic rings. The Labute approximate surface area is 151 Å². The minimum Gasteiger partial charge on any atom is -0.357 e. The lowest BCUT2D eigenvalue weighted by molar-refractivity contribution is 0.0655. The molecular weight excluding hydrogens is 335 g/mol. The smallest absolute Gasteiger partial charge is 0.255 e. The Balaban J connectivity index is 0.00000242. The van der Waals surface area contributed by atoms with Gasteiger partial charge < -0.3 is 15.1 Å². The van der Waals surface area contributed by atoms with Crippen LogP contribution in [0.5, 0.6) is 0 Å². The molecule has 1 fully saturated rings. The molecule has 0 spiro atoms. The SMILES string of the molecule is CCCN(CC)c1ccc(C(=O)N2CCNC[C@H]2C)cn1.Cl.Cl. The molecule has 0 unspecified atom stereocenters. The first-order valence-corrected chi connectivity index (χ1v) is 7.90. The van der Waals surface area contributed by atoms with Gasteiger partial charge in [-0.1, -0.05) is 6.92 Å². The van der Waals surface area contributed by atoms with E-state index in [1.807, 2.05) is 17.0 Å². The summed E-state index contributed by atoms with van der Waals surface area (Å²) in [6.45, 7) is 10.8. The Hall–Kier alpha value is -1.04. The first-order chi connectivity index (χ1) is 10.2. The van der Waals surface area contributed by atoms with Crippen molar-refractivity contribution in [3.63, 3.8) is 0 Å². The highest BCUT2D eigenvalue weighted by molar-refractivity contribution is 5.94. The van der Waals surface area contributed by atoms with Crippen LogP contribution in [-0.2, 0) is 0 Å². The maximum atomic E-state index is 12.5. The lowest BCUT2D eigenvalue weighted by Crippen LogP contribution is -2.52. The Morgan fingerprint density at radius 3 is 2.65 bits per heavy atom. The van der Waals surface area contributed by atoms with E-state index in [2.05, 4.69) is 36.0 Å². The third-order valence-electron chi connectivity index (χ3n) is 3.96. The lowest BCUT2D eigenvalue weighted by Gasteiger charge is -2.34. The van der Waals surface area contributed by atoms with Gasteiger partial charge in [-0.3, -0.25) is 4.79 Å². The molecule has 1 N–H and O–H groups in total. The van der Waals surface area contributed by atoms with Crippen LogP contribution in [0.25, 0.3) is 0 Å². The van der Waals surface area contributed by atoms with Crippen molar-refractivity contribution < 1.29 is 4.79 Å². The Morgan fingerprint density at radius 1 is 1.39 bits per heavy atom. The van der Waals surface area contributed by atoms with E-state index in [0.717, 1.165) is 45.0 Å². The van der Waals surface area contributed by atoms with Gasteiger partial charge in [0.15, 0.2) is 0 Å². The van der Waals surface area contributed by atoms with Crippen LogP contribution >= 0.6 is 24.8 Å². The number of nitrogens with zero attached hydrogens (tertiary/aromatic N) is 3. The van der Waals surface area contributed by atoms with E-state index in [1.165, 1.54) is 0 Å². The average Bonchev–Trinajstić information content (AvgIpc) is 2.52. The van der Waals surface area contributed by atoms with Crippen molar-refractivity contribution in [2.45, 2.75) is 33.2 Å². The number of carbonyl (C=O) groups excluding carboxylic acids is 1. The van der Waals surface area contributed by atoms with Crippen molar-refractivity contribution in [2.75, 3.05) is 37.6 Å². The third kappa shape index (κ3) is 5.52. The number of anilines is 1. The predicted octanol–water partition coefficient (Wildman–Crippen LogP) is 2.60. The highest BCUT2D eigenvalue weighted by Crippen LogP contribution is 2.14. The minimum atomic E-state index is 0. The van der Waals surface area contributed by atoms with Gasteiger partial charge in [-0.25, -0.2) is 4.98 Å². The average molecular weight is 363 g/mol. The summed E-state index contributed by atoms with van der Waals surface area (Å²) in [6.07, 6.45) is 2.80. The van der Waals surface area contributed by atoms with Gasteiger partial charge >= 0.3 is 0 Å². The number of aromatic nitrogens is 1. The predicted molar refractivity (Wildman–Crippen MR) is 100 cm³/mol. The molecule has 0 saturated carbocycles. The number of amides is 1. The van der Waals surface area contributed by atoms with Gasteiger partial charge in [-0.05, 0) is 32.4 Å². The fourth-order valence-corrected chi connectivity index (χ4v) is 2.71. The van der Waals surface area contributed by atoms with Gasteiger partial charge in [-0.2, -0.15) is 0 Å². The summed E-state index contributed by atoms with van der Waals surface area (Å²) in [5.41, 5.74) is 0.681. The van der Waals surface area contributed by atoms with Gasteiger partial charge in [0.25, 0.3) is 5.91 Å². The van der Waals surface area contributed by atoms with Gasteiger partial charge in [0.05, 0.1) is 5.56 Å². The van der Waals surface area contributed by atoms with Crippen LogP contribution in [0.2, 0.25) is 0 Å². The van der Waals surface area contributed by atoms with Crippen molar-refractivity contribution in [3.8, 4) is 0 Å². The molecule has 2 heterocycles. The zero-order chi connectivity index (χ0) is 15.2. The molecular formula is C16H28Cl2N4O. The molecule has 0 aromatic carbocycles. The quantitative estimate of drug-likeness (QED) is 0.874. The second kappa shape index (κ2) is 10.7. The van der Waals surface area contributed by atoms with Crippen LogP contribution in [0, 0.1) is 0 Å². The number of rotatable bonds is 5. The van der Waals surface area contributed by atoms with Crippen molar-refractivity contribution in [1.29, 1.82) is 0 Å². The number of carbonyl (C=O) groups is 1. The Kier molecular flexibility index (Phi) is 10.2. The maximum Gasteiger partial charge on any atom is 0.255 e. The molecule has 1 aromatic heterocycles. The summed E-state index contributed by atoms with van der Waals surface area (Å²) in [4.78, 5) is 21.2. The van der Waals surface area contributed by atoms with Crippen LogP contribution < -0.4 is 10.2 Å². The van der Waals surface area contributed by atoms with Crippen molar-refractivity contribution in [2.24, 2.45) is 0 Å². The summed E-state index contributed by atoms with van der Waals surface area (Å²) < 4.78 is 0. The van der Waals surface area contributed by atoms with Gasteiger partial charge in [0.2, 0.25) is 0 Å². The summed E-state index contributed by atoms with van der Waals surface area (Å²) in [7, 11) is 0. The zero-order valence-electron chi connectivity index (χ0n) is 14.1. The summed E-state index contributed by atoms with van der Waals surface area (Å²) in [5, 5.41) is 3.30. The fourth-order valence-electron chi connectivity index (χ4n) is 2.71. The topological polar surface area (TPSA) is 48.5 Å². The number of piperazine rings is 1. The van der Waals surface area contributed by atoms with E-state index in [1.54, 1.807) is 6.20 Å². The number of pyridine rings is 1. The highest BCUT2D eigenvalue weighted by Gasteiger charge is 2.24. The van der Waals surface area contributed by atoms with Crippen molar-refractivity contribution in [1.82, 2.24) is 15.2 Å². The molecule has 5 nitrogen and oxygen atoms in total. The Morgan fingerprint density at radius 2 is 2.13 bits per heavy atom. The summed E-state index contributed by atoms with van der Waals surface area (Å²) in [5.74, 6) is 1.03. The normalized spacial score (nSPS) is 17.0. The van der Waals surface area contributed by atoms with Gasteiger partial charge in [-0.15, -0.1) is 24.8 Å². The van der Waals surface area contributed by atoms with Crippen LogP contribution in [0.4, 0.5) is 5.82 Å². The molecule has 1 saturated heterocycles. The summed E-state index contributed by atoms with van der Waals surface area (Å²) >= 11 is 0. The lowest BCUT2D eigenvalue weighted by atomic mass is 10.1. The number of hydrogen-bond donors (Lipinski definition) is 1. The largest absolute Gasteiger partial charge is 0.357 e. The van der Waals surface area contributed by atoms with E-state index in [0.29, 0.717) is 5.56 Å². The molecule has 2 rings (SSSR count). The second-order valence-corrected chi connectivity index (χ2v) is 5.54. The van der Waals surface area contributed by atoms with E-state index in [9.17, 15) is 4.79 Å². The van der Waals surface area contributed by atoms with Crippen LogP contribution in [-0.4, -0.2) is 54.6 Å². The molecule has 1 aliphatic rings. The first kappa shape index (κ1) is 22.0. The molecule has 1 aliphatic heterocycles. The molecule has 7 heteroatoms. The Bertz CT molecular complexity index is 470. The first-order valence-electron chi connectivity index (χ1n) is 7.90. The van der Waals surface area contributed by atoms with E-state index >= 15 is 0 Å². The van der Waals surface area contributed by atoms with Crippen molar-refractivity contribution in [3.05, 3.63) is 23.9 Å². The van der Waals surface area contributed by atoms with E-state index in [-0.39, 0.29) is 36.8 Å². The monoisotopic (exact) mass is 362 g/mol. The number of halogens is 2. The van der Waals surface area contributed by atoms with Gasteiger partial charge in [0, 0.05) is 45.0 Å². The van der Waals surface area contributed by atoms with E-state index < -0.39 is 0 Å². The molecule has 0 aliphatic carbocycles. The number of hydrogen-bond acceptors (Lipinski definition) is 4. The highest BCUT2D eigenvalue weighted by atomic mass is 35.5. The zero-order valence-corrected chi connectivity index (χ0v) is 15.8. The minimum absolute atomic E-state index is 0. The van der Waals surface area contributed by atoms with Gasteiger partial charge in [0.1, 0.15) is 5.82 Å². The molecule has 23 heavy (non-hydrogen) atoms. The fraction of sp³-hybridized carbons (Fsp3) is 0.625.